The lowest BCUT2D eigenvalue weighted by molar-refractivity contribution is 0.202. The van der Waals surface area contributed by atoms with E-state index in [1.807, 2.05) is 6.08 Å². The van der Waals surface area contributed by atoms with Gasteiger partial charge in [-0.05, 0) is 19.3 Å². The molecule has 58 valence electrons. The molecule has 0 heterocycles. The Morgan fingerprint density at radius 3 is 2.70 bits per heavy atom. The van der Waals surface area contributed by atoms with Crippen LogP contribution in [0.3, 0.4) is 0 Å². The first-order valence-electron chi connectivity index (χ1n) is 4.17. The Bertz CT molecular complexity index is 123. The van der Waals surface area contributed by atoms with E-state index in [1.54, 1.807) is 0 Å². The fourth-order valence-electron chi connectivity index (χ4n) is 0.919. The van der Waals surface area contributed by atoms with E-state index in [0.29, 0.717) is 0 Å². The van der Waals surface area contributed by atoms with Crippen molar-refractivity contribution in [3.8, 4) is 0 Å². The molecule has 0 spiro atoms. The van der Waals surface area contributed by atoms with Gasteiger partial charge in [-0.25, -0.2) is 0 Å². The summed E-state index contributed by atoms with van der Waals surface area (Å²) in [6.07, 6.45) is 9.61. The van der Waals surface area contributed by atoms with Crippen molar-refractivity contribution in [1.82, 2.24) is 0 Å². The molecule has 1 N–H and O–H groups in total. The molecule has 0 aliphatic heterocycles. The molecule has 1 aliphatic rings. The number of unbranched alkanes of at least 4 members (excludes halogenated alkanes) is 2. The standard InChI is InChI=1S/C9H16O/c1-2-3-4-5-6-9(10)7-8-9/h5-6,10H,2-4,7-8H2,1H3. The largest absolute Gasteiger partial charge is 0.386 e. The zero-order valence-corrected chi connectivity index (χ0v) is 6.64. The fraction of sp³-hybridized carbons (Fsp3) is 0.778. The van der Waals surface area contributed by atoms with E-state index in [1.165, 1.54) is 12.8 Å². The normalized spacial score (nSPS) is 21.8. The van der Waals surface area contributed by atoms with E-state index < -0.39 is 0 Å². The molecule has 1 saturated carbocycles. The SMILES string of the molecule is CCCCC=CC1(O)CC1. The number of hydrogen-bond acceptors (Lipinski definition) is 1. The van der Waals surface area contributed by atoms with Gasteiger partial charge in [0, 0.05) is 0 Å². The third kappa shape index (κ3) is 2.53. The van der Waals surface area contributed by atoms with Gasteiger partial charge < -0.3 is 5.11 Å². The maximum Gasteiger partial charge on any atom is 0.0830 e. The predicted molar refractivity (Wildman–Crippen MR) is 42.8 cm³/mol. The summed E-state index contributed by atoms with van der Waals surface area (Å²) in [5, 5.41) is 9.34. The Morgan fingerprint density at radius 1 is 1.50 bits per heavy atom. The van der Waals surface area contributed by atoms with Crippen molar-refractivity contribution in [3.05, 3.63) is 12.2 Å². The van der Waals surface area contributed by atoms with Crippen molar-refractivity contribution in [2.24, 2.45) is 0 Å². The third-order valence-corrected chi connectivity index (χ3v) is 1.91. The second kappa shape index (κ2) is 3.20. The van der Waals surface area contributed by atoms with Crippen LogP contribution < -0.4 is 0 Å². The highest BCUT2D eigenvalue weighted by atomic mass is 16.3. The van der Waals surface area contributed by atoms with Crippen LogP contribution in [0.15, 0.2) is 12.2 Å². The van der Waals surface area contributed by atoms with E-state index in [0.717, 1.165) is 19.3 Å². The van der Waals surface area contributed by atoms with Crippen LogP contribution >= 0.6 is 0 Å². The minimum absolute atomic E-state index is 0.381. The summed E-state index contributed by atoms with van der Waals surface area (Å²) in [5.41, 5.74) is -0.381. The Kier molecular flexibility index (Phi) is 2.50. The van der Waals surface area contributed by atoms with Crippen LogP contribution in [0, 0.1) is 0 Å². The van der Waals surface area contributed by atoms with Crippen molar-refractivity contribution in [2.75, 3.05) is 0 Å². The molecule has 0 amide bonds. The molecule has 0 bridgehead atoms. The quantitative estimate of drug-likeness (QED) is 0.469. The first-order valence-corrected chi connectivity index (χ1v) is 4.17. The van der Waals surface area contributed by atoms with Gasteiger partial charge in [0.25, 0.3) is 0 Å². The van der Waals surface area contributed by atoms with Gasteiger partial charge in [0.2, 0.25) is 0 Å². The minimum atomic E-state index is -0.381. The van der Waals surface area contributed by atoms with E-state index >= 15 is 0 Å². The molecular weight excluding hydrogens is 124 g/mol. The van der Waals surface area contributed by atoms with Crippen molar-refractivity contribution in [1.29, 1.82) is 0 Å². The Morgan fingerprint density at radius 2 is 2.20 bits per heavy atom. The minimum Gasteiger partial charge on any atom is -0.386 e. The molecule has 0 aromatic carbocycles. The highest BCUT2D eigenvalue weighted by molar-refractivity contribution is 5.10. The number of rotatable bonds is 4. The summed E-state index contributed by atoms with van der Waals surface area (Å²) in [6, 6.07) is 0. The molecule has 0 atom stereocenters. The first kappa shape index (κ1) is 7.80. The van der Waals surface area contributed by atoms with Gasteiger partial charge in [0.1, 0.15) is 0 Å². The lowest BCUT2D eigenvalue weighted by Crippen LogP contribution is -1.99. The number of hydrogen-bond donors (Lipinski definition) is 1. The lowest BCUT2D eigenvalue weighted by atomic mass is 10.2. The topological polar surface area (TPSA) is 20.2 Å². The summed E-state index contributed by atoms with van der Waals surface area (Å²) in [5.74, 6) is 0. The van der Waals surface area contributed by atoms with Gasteiger partial charge in [-0.15, -0.1) is 0 Å². The zero-order valence-electron chi connectivity index (χ0n) is 6.64. The Labute approximate surface area is 62.8 Å². The molecule has 0 aromatic heterocycles. The highest BCUT2D eigenvalue weighted by Crippen LogP contribution is 2.36. The van der Waals surface area contributed by atoms with Crippen molar-refractivity contribution >= 4 is 0 Å². The average molecular weight is 140 g/mol. The third-order valence-electron chi connectivity index (χ3n) is 1.91. The maximum atomic E-state index is 9.34. The van der Waals surface area contributed by atoms with Crippen molar-refractivity contribution in [2.45, 2.75) is 44.6 Å². The predicted octanol–water partition coefficient (Wildman–Crippen LogP) is 2.26. The van der Waals surface area contributed by atoms with Crippen LogP contribution in [-0.4, -0.2) is 10.7 Å². The number of aliphatic hydroxyl groups is 1. The summed E-state index contributed by atoms with van der Waals surface area (Å²) in [7, 11) is 0. The van der Waals surface area contributed by atoms with Crippen molar-refractivity contribution in [3.63, 3.8) is 0 Å². The Balaban J connectivity index is 2.05. The van der Waals surface area contributed by atoms with E-state index in [9.17, 15) is 5.11 Å². The van der Waals surface area contributed by atoms with Gasteiger partial charge in [-0.1, -0.05) is 31.9 Å². The summed E-state index contributed by atoms with van der Waals surface area (Å²) >= 11 is 0. The molecule has 1 rings (SSSR count). The zero-order chi connectivity index (χ0) is 7.45. The average Bonchev–Trinajstić information content (AvgIpc) is 2.62. The molecule has 1 fully saturated rings. The van der Waals surface area contributed by atoms with Crippen LogP contribution in [0.1, 0.15) is 39.0 Å². The second-order valence-corrected chi connectivity index (χ2v) is 3.15. The molecule has 0 saturated heterocycles. The fourth-order valence-corrected chi connectivity index (χ4v) is 0.919. The molecule has 1 aliphatic carbocycles. The van der Waals surface area contributed by atoms with Crippen LogP contribution in [0.2, 0.25) is 0 Å². The lowest BCUT2D eigenvalue weighted by Gasteiger charge is -1.96. The molecule has 1 heteroatoms. The summed E-state index contributed by atoms with van der Waals surface area (Å²) < 4.78 is 0. The van der Waals surface area contributed by atoms with Gasteiger partial charge in [0.05, 0.1) is 5.60 Å². The van der Waals surface area contributed by atoms with Crippen LogP contribution in [0.4, 0.5) is 0 Å². The van der Waals surface area contributed by atoms with E-state index in [4.69, 9.17) is 0 Å². The number of allylic oxidation sites excluding steroid dienone is 1. The maximum absolute atomic E-state index is 9.34. The van der Waals surface area contributed by atoms with Gasteiger partial charge in [0.15, 0.2) is 0 Å². The molecule has 0 aromatic rings. The summed E-state index contributed by atoms with van der Waals surface area (Å²) in [4.78, 5) is 0. The van der Waals surface area contributed by atoms with Crippen LogP contribution in [0.25, 0.3) is 0 Å². The van der Waals surface area contributed by atoms with Crippen LogP contribution in [-0.2, 0) is 0 Å². The first-order chi connectivity index (χ1) is 4.77. The van der Waals surface area contributed by atoms with Gasteiger partial charge >= 0.3 is 0 Å². The van der Waals surface area contributed by atoms with Crippen molar-refractivity contribution < 1.29 is 5.11 Å². The summed E-state index contributed by atoms with van der Waals surface area (Å²) in [6.45, 7) is 2.18. The van der Waals surface area contributed by atoms with Gasteiger partial charge in [-0.2, -0.15) is 0 Å². The molecule has 1 nitrogen and oxygen atoms in total. The van der Waals surface area contributed by atoms with E-state index in [-0.39, 0.29) is 5.60 Å². The van der Waals surface area contributed by atoms with Gasteiger partial charge in [-0.3, -0.25) is 0 Å². The van der Waals surface area contributed by atoms with E-state index in [2.05, 4.69) is 13.0 Å². The second-order valence-electron chi connectivity index (χ2n) is 3.15. The molecular formula is C9H16O. The monoisotopic (exact) mass is 140 g/mol. The smallest absolute Gasteiger partial charge is 0.0830 e. The van der Waals surface area contributed by atoms with Crippen LogP contribution in [0.5, 0.6) is 0 Å². The highest BCUT2D eigenvalue weighted by Gasteiger charge is 2.36. The molecule has 10 heavy (non-hydrogen) atoms. The molecule has 0 unspecified atom stereocenters. The molecule has 0 radical (unpaired) electrons. The Hall–Kier alpha value is -0.300.